The Kier molecular flexibility index (Phi) is 3.18. The van der Waals surface area contributed by atoms with Gasteiger partial charge in [-0.1, -0.05) is 6.07 Å². The third kappa shape index (κ3) is 2.42. The summed E-state index contributed by atoms with van der Waals surface area (Å²) in [6, 6.07) is 4.66. The quantitative estimate of drug-likeness (QED) is 0.860. The van der Waals surface area contributed by atoms with Gasteiger partial charge in [0.2, 0.25) is 0 Å². The van der Waals surface area contributed by atoms with Crippen LogP contribution in [0.3, 0.4) is 0 Å². The number of pyridine rings is 1. The van der Waals surface area contributed by atoms with Gasteiger partial charge in [0.05, 0.1) is 12.9 Å². The molecule has 0 aliphatic heterocycles. The fraction of sp³-hybridized carbons (Fsp3) is 0.167. The van der Waals surface area contributed by atoms with Gasteiger partial charge in [0.15, 0.2) is 5.69 Å². The van der Waals surface area contributed by atoms with E-state index in [2.05, 4.69) is 9.97 Å². The lowest BCUT2D eigenvalue weighted by molar-refractivity contribution is 0.0689. The topological polar surface area (TPSA) is 85.1 Å². The SMILES string of the molecule is Cc1cc(=O)n(Cc2cccnc2C(=O)O)cn1. The largest absolute Gasteiger partial charge is 0.477 e. The molecule has 0 saturated heterocycles. The molecule has 2 aromatic rings. The second-order valence-electron chi connectivity index (χ2n) is 3.81. The van der Waals surface area contributed by atoms with E-state index in [1.54, 1.807) is 19.1 Å². The van der Waals surface area contributed by atoms with Crippen molar-refractivity contribution in [3.63, 3.8) is 0 Å². The molecule has 2 aromatic heterocycles. The zero-order valence-electron chi connectivity index (χ0n) is 9.70. The van der Waals surface area contributed by atoms with Crippen LogP contribution in [0, 0.1) is 6.92 Å². The Hall–Kier alpha value is -2.50. The molecule has 6 nitrogen and oxygen atoms in total. The van der Waals surface area contributed by atoms with Crippen molar-refractivity contribution in [1.82, 2.24) is 14.5 Å². The maximum atomic E-state index is 11.7. The summed E-state index contributed by atoms with van der Waals surface area (Å²) in [5.74, 6) is -1.11. The van der Waals surface area contributed by atoms with Crippen LogP contribution in [0.25, 0.3) is 0 Å². The minimum Gasteiger partial charge on any atom is -0.477 e. The summed E-state index contributed by atoms with van der Waals surface area (Å²) < 4.78 is 1.34. The summed E-state index contributed by atoms with van der Waals surface area (Å²) in [6.07, 6.45) is 2.80. The summed E-state index contributed by atoms with van der Waals surface area (Å²) in [6.45, 7) is 1.86. The first kappa shape index (κ1) is 12.0. The van der Waals surface area contributed by atoms with Crippen molar-refractivity contribution >= 4 is 5.97 Å². The molecule has 92 valence electrons. The number of nitrogens with zero attached hydrogens (tertiary/aromatic N) is 3. The van der Waals surface area contributed by atoms with Crippen LogP contribution in [-0.2, 0) is 6.54 Å². The standard InChI is InChI=1S/C12H11N3O3/c1-8-5-10(16)15(7-14-8)6-9-3-2-4-13-11(9)12(17)18/h2-5,7H,6H2,1H3,(H,17,18). The van der Waals surface area contributed by atoms with Crippen LogP contribution < -0.4 is 5.56 Å². The minimum absolute atomic E-state index is 0.0509. The molecule has 0 saturated carbocycles. The van der Waals surface area contributed by atoms with E-state index in [4.69, 9.17) is 5.11 Å². The molecule has 18 heavy (non-hydrogen) atoms. The van der Waals surface area contributed by atoms with Gasteiger partial charge in [-0.05, 0) is 13.0 Å². The molecular weight excluding hydrogens is 234 g/mol. The van der Waals surface area contributed by atoms with Crippen LogP contribution in [-0.4, -0.2) is 25.6 Å². The van der Waals surface area contributed by atoms with Crippen molar-refractivity contribution in [2.45, 2.75) is 13.5 Å². The summed E-state index contributed by atoms with van der Waals surface area (Å²) in [4.78, 5) is 30.5. The Morgan fingerprint density at radius 1 is 1.44 bits per heavy atom. The van der Waals surface area contributed by atoms with Crippen molar-refractivity contribution in [3.8, 4) is 0 Å². The maximum absolute atomic E-state index is 11.7. The second kappa shape index (κ2) is 4.79. The first-order chi connectivity index (χ1) is 8.58. The fourth-order valence-electron chi connectivity index (χ4n) is 1.58. The first-order valence-corrected chi connectivity index (χ1v) is 5.28. The van der Waals surface area contributed by atoms with Crippen molar-refractivity contribution in [2.75, 3.05) is 0 Å². The van der Waals surface area contributed by atoms with Crippen LogP contribution in [0.5, 0.6) is 0 Å². The predicted molar refractivity (Wildman–Crippen MR) is 63.5 cm³/mol. The zero-order valence-corrected chi connectivity index (χ0v) is 9.70. The van der Waals surface area contributed by atoms with Gasteiger partial charge in [0.25, 0.3) is 5.56 Å². The number of rotatable bonds is 3. The van der Waals surface area contributed by atoms with E-state index < -0.39 is 5.97 Å². The number of hydrogen-bond donors (Lipinski definition) is 1. The Bertz CT molecular complexity index is 649. The molecular formula is C12H11N3O3. The zero-order chi connectivity index (χ0) is 13.1. The van der Waals surface area contributed by atoms with Gasteiger partial charge in [-0.2, -0.15) is 0 Å². The minimum atomic E-state index is -1.11. The van der Waals surface area contributed by atoms with Crippen LogP contribution in [0.2, 0.25) is 0 Å². The molecule has 0 aliphatic rings. The molecule has 0 bridgehead atoms. The molecule has 0 aliphatic carbocycles. The van der Waals surface area contributed by atoms with Crippen molar-refractivity contribution < 1.29 is 9.90 Å². The molecule has 0 spiro atoms. The van der Waals surface area contributed by atoms with E-state index in [-0.39, 0.29) is 17.8 Å². The Morgan fingerprint density at radius 3 is 2.89 bits per heavy atom. The third-order valence-electron chi connectivity index (χ3n) is 2.45. The molecule has 0 radical (unpaired) electrons. The van der Waals surface area contributed by atoms with Gasteiger partial charge >= 0.3 is 5.97 Å². The summed E-state index contributed by atoms with van der Waals surface area (Å²) in [5, 5.41) is 8.99. The van der Waals surface area contributed by atoms with E-state index in [1.807, 2.05) is 0 Å². The van der Waals surface area contributed by atoms with Crippen LogP contribution in [0.15, 0.2) is 35.5 Å². The monoisotopic (exact) mass is 245 g/mol. The molecule has 2 heterocycles. The summed E-state index contributed by atoms with van der Waals surface area (Å²) >= 11 is 0. The summed E-state index contributed by atoms with van der Waals surface area (Å²) in [7, 11) is 0. The van der Waals surface area contributed by atoms with Crippen LogP contribution in [0.1, 0.15) is 21.7 Å². The third-order valence-corrected chi connectivity index (χ3v) is 2.45. The highest BCUT2D eigenvalue weighted by Gasteiger charge is 2.11. The van der Waals surface area contributed by atoms with Gasteiger partial charge in [0.1, 0.15) is 0 Å². The van der Waals surface area contributed by atoms with Crippen LogP contribution in [0.4, 0.5) is 0 Å². The van der Waals surface area contributed by atoms with E-state index in [1.165, 1.54) is 23.2 Å². The van der Waals surface area contributed by atoms with Crippen LogP contribution >= 0.6 is 0 Å². The number of aromatic carboxylic acids is 1. The average Bonchev–Trinajstić information content (AvgIpc) is 2.33. The van der Waals surface area contributed by atoms with E-state index >= 15 is 0 Å². The Labute approximate surface area is 103 Å². The highest BCUT2D eigenvalue weighted by molar-refractivity contribution is 5.86. The summed E-state index contributed by atoms with van der Waals surface area (Å²) in [5.41, 5.74) is 0.825. The molecule has 0 atom stereocenters. The normalized spacial score (nSPS) is 10.3. The number of carboxylic acid groups (broad SMARTS) is 1. The molecule has 0 amide bonds. The maximum Gasteiger partial charge on any atom is 0.354 e. The average molecular weight is 245 g/mol. The lowest BCUT2D eigenvalue weighted by atomic mass is 10.2. The highest BCUT2D eigenvalue weighted by atomic mass is 16.4. The number of hydrogen-bond acceptors (Lipinski definition) is 4. The highest BCUT2D eigenvalue weighted by Crippen LogP contribution is 2.06. The molecule has 1 N–H and O–H groups in total. The van der Waals surface area contributed by atoms with Gasteiger partial charge in [-0.15, -0.1) is 0 Å². The number of aryl methyl sites for hydroxylation is 1. The van der Waals surface area contributed by atoms with Gasteiger partial charge in [0, 0.05) is 23.5 Å². The molecule has 6 heteroatoms. The molecule has 0 aromatic carbocycles. The molecule has 2 rings (SSSR count). The van der Waals surface area contributed by atoms with Crippen molar-refractivity contribution in [1.29, 1.82) is 0 Å². The van der Waals surface area contributed by atoms with Crippen molar-refractivity contribution in [2.24, 2.45) is 0 Å². The van der Waals surface area contributed by atoms with Gasteiger partial charge in [-0.3, -0.25) is 9.36 Å². The second-order valence-corrected chi connectivity index (χ2v) is 3.81. The Balaban J connectivity index is 2.40. The first-order valence-electron chi connectivity index (χ1n) is 5.28. The number of carbonyl (C=O) groups is 1. The van der Waals surface area contributed by atoms with Gasteiger partial charge < -0.3 is 5.11 Å². The van der Waals surface area contributed by atoms with Gasteiger partial charge in [-0.25, -0.2) is 14.8 Å². The predicted octanol–water partition coefficient (Wildman–Crippen LogP) is 0.693. The number of aromatic nitrogens is 3. The van der Waals surface area contributed by atoms with Crippen molar-refractivity contribution in [3.05, 3.63) is 58.0 Å². The fourth-order valence-corrected chi connectivity index (χ4v) is 1.58. The Morgan fingerprint density at radius 2 is 2.22 bits per heavy atom. The van der Waals surface area contributed by atoms with E-state index in [0.29, 0.717) is 11.3 Å². The number of carboxylic acids is 1. The molecule has 0 fully saturated rings. The smallest absolute Gasteiger partial charge is 0.354 e. The lowest BCUT2D eigenvalue weighted by Crippen LogP contribution is -2.22. The lowest BCUT2D eigenvalue weighted by Gasteiger charge is -2.07. The molecule has 0 unspecified atom stereocenters. The van der Waals surface area contributed by atoms with E-state index in [9.17, 15) is 9.59 Å². The van der Waals surface area contributed by atoms with E-state index in [0.717, 1.165) is 0 Å².